The maximum atomic E-state index is 8.59. The smallest absolute Gasteiger partial charge is 0.0717 e. The minimum absolute atomic E-state index is 0.117. The van der Waals surface area contributed by atoms with Crippen LogP contribution < -0.4 is 0 Å². The van der Waals surface area contributed by atoms with E-state index in [1.54, 1.807) is 0 Å². The van der Waals surface area contributed by atoms with Crippen LogP contribution in [0.5, 0.6) is 0 Å². The van der Waals surface area contributed by atoms with Gasteiger partial charge in [0.25, 0.3) is 0 Å². The van der Waals surface area contributed by atoms with E-state index in [2.05, 4.69) is 11.8 Å². The van der Waals surface area contributed by atoms with Crippen LogP contribution in [-0.2, 0) is 11.3 Å². The normalized spacial score (nSPS) is 9.47. The molecule has 0 amide bonds. The summed E-state index contributed by atoms with van der Waals surface area (Å²) in [7, 11) is 0. The highest BCUT2D eigenvalue weighted by Crippen LogP contribution is 2.05. The first-order chi connectivity index (χ1) is 7.36. The molecule has 1 aromatic carbocycles. The second-order valence-electron chi connectivity index (χ2n) is 3.11. The summed E-state index contributed by atoms with van der Waals surface area (Å²) in [5.41, 5.74) is 2.10. The second kappa shape index (κ2) is 7.05. The van der Waals surface area contributed by atoms with Gasteiger partial charge in [0.1, 0.15) is 0 Å². The monoisotopic (exact) mass is 204 g/mol. The van der Waals surface area contributed by atoms with Crippen LogP contribution in [0.3, 0.4) is 0 Å². The Hall–Kier alpha value is -1.30. The molecular formula is C13H16O2. The SMILES string of the molecule is CCOCc1cccc(C#CCCO)c1. The van der Waals surface area contributed by atoms with Crippen molar-refractivity contribution in [2.75, 3.05) is 13.2 Å². The molecule has 0 aliphatic heterocycles. The summed E-state index contributed by atoms with van der Waals surface area (Å²) >= 11 is 0. The number of aliphatic hydroxyl groups excluding tert-OH is 1. The first-order valence-corrected chi connectivity index (χ1v) is 5.13. The second-order valence-corrected chi connectivity index (χ2v) is 3.11. The summed E-state index contributed by atoms with van der Waals surface area (Å²) in [5.74, 6) is 5.89. The molecule has 0 saturated heterocycles. The summed E-state index contributed by atoms with van der Waals surface area (Å²) in [5, 5.41) is 8.59. The van der Waals surface area contributed by atoms with Gasteiger partial charge in [0.15, 0.2) is 0 Å². The van der Waals surface area contributed by atoms with E-state index in [4.69, 9.17) is 9.84 Å². The van der Waals surface area contributed by atoms with Crippen molar-refractivity contribution < 1.29 is 9.84 Å². The third kappa shape index (κ3) is 4.64. The number of aliphatic hydroxyl groups is 1. The molecule has 0 spiro atoms. The van der Waals surface area contributed by atoms with Gasteiger partial charge in [-0.25, -0.2) is 0 Å². The number of ether oxygens (including phenoxy) is 1. The number of rotatable bonds is 4. The van der Waals surface area contributed by atoms with Crippen molar-refractivity contribution >= 4 is 0 Å². The van der Waals surface area contributed by atoms with Crippen LogP contribution in [0.15, 0.2) is 24.3 Å². The highest BCUT2D eigenvalue weighted by Gasteiger charge is 1.93. The van der Waals surface area contributed by atoms with Gasteiger partial charge in [-0.1, -0.05) is 24.0 Å². The van der Waals surface area contributed by atoms with E-state index in [9.17, 15) is 0 Å². The van der Waals surface area contributed by atoms with E-state index in [0.29, 0.717) is 13.0 Å². The van der Waals surface area contributed by atoms with E-state index in [-0.39, 0.29) is 6.61 Å². The van der Waals surface area contributed by atoms with E-state index in [0.717, 1.165) is 17.7 Å². The standard InChI is InChI=1S/C13H16O2/c1-2-15-11-13-8-5-7-12(10-13)6-3-4-9-14/h5,7-8,10,14H,2,4,9,11H2,1H3. The zero-order valence-corrected chi connectivity index (χ0v) is 8.99. The highest BCUT2D eigenvalue weighted by molar-refractivity contribution is 5.36. The number of benzene rings is 1. The van der Waals surface area contributed by atoms with Crippen molar-refractivity contribution in [1.82, 2.24) is 0 Å². The summed E-state index contributed by atoms with van der Waals surface area (Å²) in [6.45, 7) is 3.45. The molecule has 2 heteroatoms. The first kappa shape index (κ1) is 11.8. The molecule has 0 aromatic heterocycles. The van der Waals surface area contributed by atoms with Crippen molar-refractivity contribution in [2.45, 2.75) is 20.0 Å². The van der Waals surface area contributed by atoms with Gasteiger partial charge >= 0.3 is 0 Å². The Bertz CT molecular complexity index is 347. The van der Waals surface area contributed by atoms with Crippen LogP contribution in [0.2, 0.25) is 0 Å². The zero-order valence-electron chi connectivity index (χ0n) is 8.99. The molecule has 15 heavy (non-hydrogen) atoms. The quantitative estimate of drug-likeness (QED) is 0.760. The molecular weight excluding hydrogens is 188 g/mol. The van der Waals surface area contributed by atoms with Crippen LogP contribution in [-0.4, -0.2) is 18.3 Å². The molecule has 0 saturated carbocycles. The Morgan fingerprint density at radius 3 is 3.00 bits per heavy atom. The zero-order chi connectivity index (χ0) is 10.9. The fraction of sp³-hybridized carbons (Fsp3) is 0.385. The van der Waals surface area contributed by atoms with Gasteiger partial charge < -0.3 is 9.84 Å². The molecule has 80 valence electrons. The largest absolute Gasteiger partial charge is 0.395 e. The molecule has 0 unspecified atom stereocenters. The fourth-order valence-electron chi connectivity index (χ4n) is 1.18. The van der Waals surface area contributed by atoms with Crippen molar-refractivity contribution in [2.24, 2.45) is 0 Å². The topological polar surface area (TPSA) is 29.5 Å². The van der Waals surface area contributed by atoms with Crippen LogP contribution in [0, 0.1) is 11.8 Å². The summed E-state index contributed by atoms with van der Waals surface area (Å²) in [4.78, 5) is 0. The summed E-state index contributed by atoms with van der Waals surface area (Å²) in [6.07, 6.45) is 0.523. The Labute approximate surface area is 90.9 Å². The Kier molecular flexibility index (Phi) is 5.54. The van der Waals surface area contributed by atoms with Gasteiger partial charge in [-0.2, -0.15) is 0 Å². The van der Waals surface area contributed by atoms with E-state index in [1.165, 1.54) is 0 Å². The average Bonchev–Trinajstić information content (AvgIpc) is 2.27. The maximum absolute atomic E-state index is 8.59. The summed E-state index contributed by atoms with van der Waals surface area (Å²) < 4.78 is 5.31. The lowest BCUT2D eigenvalue weighted by molar-refractivity contribution is 0.134. The summed E-state index contributed by atoms with van der Waals surface area (Å²) in [6, 6.07) is 7.96. The molecule has 0 heterocycles. The lowest BCUT2D eigenvalue weighted by atomic mass is 10.1. The number of hydrogen-bond donors (Lipinski definition) is 1. The van der Waals surface area contributed by atoms with Crippen LogP contribution in [0.1, 0.15) is 24.5 Å². The third-order valence-corrected chi connectivity index (χ3v) is 1.87. The predicted octanol–water partition coefficient (Wildman–Crippen LogP) is 1.96. The molecule has 1 N–H and O–H groups in total. The highest BCUT2D eigenvalue weighted by atomic mass is 16.5. The first-order valence-electron chi connectivity index (χ1n) is 5.13. The van der Waals surface area contributed by atoms with Crippen LogP contribution in [0.4, 0.5) is 0 Å². The molecule has 0 radical (unpaired) electrons. The molecule has 0 aliphatic carbocycles. The molecule has 0 bridgehead atoms. The van der Waals surface area contributed by atoms with Crippen molar-refractivity contribution in [3.8, 4) is 11.8 Å². The fourth-order valence-corrected chi connectivity index (χ4v) is 1.18. The molecule has 2 nitrogen and oxygen atoms in total. The minimum atomic E-state index is 0.117. The van der Waals surface area contributed by atoms with Gasteiger partial charge in [0, 0.05) is 18.6 Å². The maximum Gasteiger partial charge on any atom is 0.0717 e. The van der Waals surface area contributed by atoms with Gasteiger partial charge in [-0.3, -0.25) is 0 Å². The van der Waals surface area contributed by atoms with Gasteiger partial charge in [-0.15, -0.1) is 0 Å². The van der Waals surface area contributed by atoms with Gasteiger partial charge in [0.05, 0.1) is 13.2 Å². The molecule has 0 atom stereocenters. The molecule has 1 aromatic rings. The lowest BCUT2D eigenvalue weighted by Gasteiger charge is -2.01. The average molecular weight is 204 g/mol. The van der Waals surface area contributed by atoms with Crippen LogP contribution in [0.25, 0.3) is 0 Å². The van der Waals surface area contributed by atoms with Gasteiger partial charge in [-0.05, 0) is 24.6 Å². The Balaban J connectivity index is 2.62. The van der Waals surface area contributed by atoms with E-state index < -0.39 is 0 Å². The Morgan fingerprint density at radius 1 is 1.40 bits per heavy atom. The minimum Gasteiger partial charge on any atom is -0.395 e. The number of hydrogen-bond acceptors (Lipinski definition) is 2. The van der Waals surface area contributed by atoms with Crippen molar-refractivity contribution in [3.05, 3.63) is 35.4 Å². The lowest BCUT2D eigenvalue weighted by Crippen LogP contribution is -1.91. The molecule has 0 aliphatic rings. The van der Waals surface area contributed by atoms with Crippen molar-refractivity contribution in [1.29, 1.82) is 0 Å². The molecule has 0 fully saturated rings. The predicted molar refractivity (Wildman–Crippen MR) is 60.4 cm³/mol. The van der Waals surface area contributed by atoms with Gasteiger partial charge in [0.2, 0.25) is 0 Å². The van der Waals surface area contributed by atoms with E-state index in [1.807, 2.05) is 31.2 Å². The van der Waals surface area contributed by atoms with E-state index >= 15 is 0 Å². The Morgan fingerprint density at radius 2 is 2.27 bits per heavy atom. The molecule has 1 rings (SSSR count). The van der Waals surface area contributed by atoms with Crippen molar-refractivity contribution in [3.63, 3.8) is 0 Å². The van der Waals surface area contributed by atoms with Crippen LogP contribution >= 0.6 is 0 Å². The third-order valence-electron chi connectivity index (χ3n) is 1.87.